The van der Waals surface area contributed by atoms with E-state index in [1.165, 1.54) is 23.8 Å². The van der Waals surface area contributed by atoms with Crippen LogP contribution in [-0.2, 0) is 16.0 Å². The molecule has 1 aliphatic rings. The van der Waals surface area contributed by atoms with Crippen molar-refractivity contribution < 1.29 is 9.59 Å². The summed E-state index contributed by atoms with van der Waals surface area (Å²) in [5, 5.41) is 8.38. The molecule has 0 unspecified atom stereocenters. The lowest BCUT2D eigenvalue weighted by Crippen LogP contribution is -2.22. The van der Waals surface area contributed by atoms with E-state index in [9.17, 15) is 9.59 Å². The van der Waals surface area contributed by atoms with Gasteiger partial charge in [-0.2, -0.15) is 0 Å². The second-order valence-electron chi connectivity index (χ2n) is 6.44. The Bertz CT molecular complexity index is 733. The van der Waals surface area contributed by atoms with E-state index in [-0.39, 0.29) is 17.7 Å². The van der Waals surface area contributed by atoms with Crippen LogP contribution in [0, 0.1) is 5.92 Å². The van der Waals surface area contributed by atoms with Crippen LogP contribution in [0.2, 0.25) is 0 Å². The number of thiazole rings is 1. The Morgan fingerprint density at radius 3 is 2.60 bits per heavy atom. The molecule has 6 heteroatoms. The third-order valence-electron chi connectivity index (χ3n) is 4.50. The predicted octanol–water partition coefficient (Wildman–Crippen LogP) is 3.62. The van der Waals surface area contributed by atoms with Crippen molar-refractivity contribution in [2.45, 2.75) is 39.0 Å². The molecule has 25 heavy (non-hydrogen) atoms. The van der Waals surface area contributed by atoms with Gasteiger partial charge in [0.2, 0.25) is 11.8 Å². The Hall–Kier alpha value is -2.21. The lowest BCUT2D eigenvalue weighted by Gasteiger charge is -2.07. The number of nitrogens with zero attached hydrogens (tertiary/aromatic N) is 1. The van der Waals surface area contributed by atoms with Gasteiger partial charge in [-0.1, -0.05) is 37.1 Å². The van der Waals surface area contributed by atoms with Crippen molar-refractivity contribution in [3.63, 3.8) is 0 Å². The molecule has 1 aliphatic carbocycles. The summed E-state index contributed by atoms with van der Waals surface area (Å²) in [6, 6.07) is 8.15. The van der Waals surface area contributed by atoms with Crippen molar-refractivity contribution in [2.75, 3.05) is 11.9 Å². The van der Waals surface area contributed by atoms with Crippen molar-refractivity contribution in [2.24, 2.45) is 5.92 Å². The van der Waals surface area contributed by atoms with E-state index < -0.39 is 0 Å². The van der Waals surface area contributed by atoms with E-state index >= 15 is 0 Å². The maximum atomic E-state index is 12.2. The molecule has 0 bridgehead atoms. The van der Waals surface area contributed by atoms with E-state index in [1.54, 1.807) is 0 Å². The summed E-state index contributed by atoms with van der Waals surface area (Å²) in [5.41, 5.74) is 3.07. The molecule has 0 radical (unpaired) electrons. The number of anilines is 1. The minimum atomic E-state index is -0.00808. The van der Waals surface area contributed by atoms with Crippen molar-refractivity contribution in [3.05, 3.63) is 35.2 Å². The van der Waals surface area contributed by atoms with Crippen molar-refractivity contribution >= 4 is 28.3 Å². The summed E-state index contributed by atoms with van der Waals surface area (Å²) in [7, 11) is 0. The molecule has 2 N–H and O–H groups in total. The molecule has 1 aromatic heterocycles. The summed E-state index contributed by atoms with van der Waals surface area (Å²) in [5.74, 6) is 0.244. The minimum absolute atomic E-state index is 0.00808. The molecular weight excluding hydrogens is 334 g/mol. The molecule has 132 valence electrons. The lowest BCUT2D eigenvalue weighted by molar-refractivity contribution is -0.120. The highest BCUT2D eigenvalue weighted by atomic mass is 32.1. The van der Waals surface area contributed by atoms with Crippen LogP contribution in [0.15, 0.2) is 29.6 Å². The van der Waals surface area contributed by atoms with E-state index in [4.69, 9.17) is 0 Å². The van der Waals surface area contributed by atoms with Crippen molar-refractivity contribution in [1.82, 2.24) is 10.3 Å². The van der Waals surface area contributed by atoms with Gasteiger partial charge in [0, 0.05) is 30.3 Å². The number of rotatable bonds is 6. The van der Waals surface area contributed by atoms with Gasteiger partial charge >= 0.3 is 0 Å². The van der Waals surface area contributed by atoms with Crippen LogP contribution in [-0.4, -0.2) is 23.3 Å². The lowest BCUT2D eigenvalue weighted by atomic mass is 10.1. The number of carbonyl (C=O) groups is 2. The van der Waals surface area contributed by atoms with Crippen molar-refractivity contribution in [1.29, 1.82) is 0 Å². The molecule has 1 heterocycles. The molecule has 1 fully saturated rings. The van der Waals surface area contributed by atoms with Gasteiger partial charge in [-0.15, -0.1) is 11.3 Å². The van der Waals surface area contributed by atoms with Gasteiger partial charge in [0.25, 0.3) is 0 Å². The Balaban J connectivity index is 1.57. The molecule has 0 spiro atoms. The largest absolute Gasteiger partial charge is 0.356 e. The molecule has 0 atom stereocenters. The van der Waals surface area contributed by atoms with Gasteiger partial charge in [-0.25, -0.2) is 4.98 Å². The predicted molar refractivity (Wildman–Crippen MR) is 101 cm³/mol. The van der Waals surface area contributed by atoms with Gasteiger partial charge in [0.15, 0.2) is 5.13 Å². The monoisotopic (exact) mass is 357 g/mol. The van der Waals surface area contributed by atoms with Crippen LogP contribution in [0.4, 0.5) is 5.13 Å². The number of hydrogen-bond donors (Lipinski definition) is 2. The van der Waals surface area contributed by atoms with Crippen LogP contribution in [0.1, 0.15) is 38.2 Å². The molecule has 5 nitrogen and oxygen atoms in total. The Kier molecular flexibility index (Phi) is 5.81. The van der Waals surface area contributed by atoms with E-state index in [2.05, 4.69) is 15.6 Å². The summed E-state index contributed by atoms with van der Waals surface area (Å²) in [6.07, 6.45) is 5.08. The third kappa shape index (κ3) is 4.89. The number of amides is 2. The van der Waals surface area contributed by atoms with E-state index in [0.717, 1.165) is 43.4 Å². The Morgan fingerprint density at radius 2 is 1.92 bits per heavy atom. The first-order valence-electron chi connectivity index (χ1n) is 8.72. The first kappa shape index (κ1) is 17.6. The fourth-order valence-corrected chi connectivity index (χ4v) is 3.81. The van der Waals surface area contributed by atoms with Crippen LogP contribution in [0.3, 0.4) is 0 Å². The normalized spacial score (nSPS) is 14.4. The zero-order chi connectivity index (χ0) is 17.6. The SMILES string of the molecule is CC(=O)NCCc1ccc(-c2csc(NC(=O)C3CCCC3)n2)cc1. The van der Waals surface area contributed by atoms with Gasteiger partial charge in [0.05, 0.1) is 5.69 Å². The molecular formula is C19H23N3O2S. The van der Waals surface area contributed by atoms with Gasteiger partial charge in [0.1, 0.15) is 0 Å². The average molecular weight is 357 g/mol. The zero-order valence-electron chi connectivity index (χ0n) is 14.4. The molecule has 0 aliphatic heterocycles. The molecule has 1 aromatic carbocycles. The topological polar surface area (TPSA) is 71.1 Å². The second-order valence-corrected chi connectivity index (χ2v) is 7.30. The molecule has 2 aromatic rings. The summed E-state index contributed by atoms with van der Waals surface area (Å²) in [4.78, 5) is 27.6. The summed E-state index contributed by atoms with van der Waals surface area (Å²) in [6.45, 7) is 2.16. The maximum absolute atomic E-state index is 12.2. The molecule has 0 saturated heterocycles. The highest BCUT2D eigenvalue weighted by molar-refractivity contribution is 7.14. The summed E-state index contributed by atoms with van der Waals surface area (Å²) < 4.78 is 0. The quantitative estimate of drug-likeness (QED) is 0.829. The average Bonchev–Trinajstić information content (AvgIpc) is 3.27. The first-order chi connectivity index (χ1) is 12.1. The molecule has 2 amide bonds. The van der Waals surface area contributed by atoms with Crippen LogP contribution < -0.4 is 10.6 Å². The van der Waals surface area contributed by atoms with Gasteiger partial charge in [-0.3, -0.25) is 9.59 Å². The number of aromatic nitrogens is 1. The Morgan fingerprint density at radius 1 is 1.20 bits per heavy atom. The van der Waals surface area contributed by atoms with E-state index in [0.29, 0.717) is 11.7 Å². The number of hydrogen-bond acceptors (Lipinski definition) is 4. The maximum Gasteiger partial charge on any atom is 0.229 e. The van der Waals surface area contributed by atoms with E-state index in [1.807, 2.05) is 29.6 Å². The fraction of sp³-hybridized carbons (Fsp3) is 0.421. The number of carbonyl (C=O) groups excluding carboxylic acids is 2. The smallest absolute Gasteiger partial charge is 0.229 e. The molecule has 1 saturated carbocycles. The number of nitrogens with one attached hydrogen (secondary N) is 2. The van der Waals surface area contributed by atoms with Crippen LogP contribution in [0.25, 0.3) is 11.3 Å². The first-order valence-corrected chi connectivity index (χ1v) is 9.60. The van der Waals surface area contributed by atoms with Crippen LogP contribution in [0.5, 0.6) is 0 Å². The standard InChI is InChI=1S/C19H23N3O2S/c1-13(23)20-11-10-14-6-8-15(9-7-14)17-12-25-19(21-17)22-18(24)16-4-2-3-5-16/h6-9,12,16H,2-5,10-11H2,1H3,(H,20,23)(H,21,22,24). The number of benzene rings is 1. The highest BCUT2D eigenvalue weighted by Gasteiger charge is 2.23. The fourth-order valence-electron chi connectivity index (χ4n) is 3.08. The van der Waals surface area contributed by atoms with Crippen LogP contribution >= 0.6 is 11.3 Å². The van der Waals surface area contributed by atoms with Gasteiger partial charge < -0.3 is 10.6 Å². The Labute approximate surface area is 151 Å². The highest BCUT2D eigenvalue weighted by Crippen LogP contribution is 2.28. The third-order valence-corrected chi connectivity index (χ3v) is 5.26. The van der Waals surface area contributed by atoms with Crippen molar-refractivity contribution in [3.8, 4) is 11.3 Å². The zero-order valence-corrected chi connectivity index (χ0v) is 15.2. The summed E-state index contributed by atoms with van der Waals surface area (Å²) >= 11 is 1.46. The minimum Gasteiger partial charge on any atom is -0.356 e. The van der Waals surface area contributed by atoms with Gasteiger partial charge in [-0.05, 0) is 24.8 Å². The second kappa shape index (κ2) is 8.25. The molecule has 3 rings (SSSR count).